The molecule has 1 amide bonds. The molecular weight excluding hydrogens is 242 g/mol. The Balaban J connectivity index is 2.51. The maximum absolute atomic E-state index is 11.9. The number of carbonyl (C=O) groups excluding carboxylic acids is 1. The van der Waals surface area contributed by atoms with E-state index in [4.69, 9.17) is 10.2 Å². The lowest BCUT2D eigenvalue weighted by Gasteiger charge is -2.13. The zero-order valence-corrected chi connectivity index (χ0v) is 12.3. The SMILES string of the molecule is CCC(N)c1nc(C(=O)NC(C)CCC(C)C)co1. The standard InChI is InChI=1S/C14H25N3O2/c1-5-11(15)14-17-12(8-19-14)13(18)16-10(4)7-6-9(2)3/h8-11H,5-7,15H2,1-4H3,(H,16,18). The van der Waals surface area contributed by atoms with E-state index in [-0.39, 0.29) is 18.0 Å². The summed E-state index contributed by atoms with van der Waals surface area (Å²) in [5.74, 6) is 0.859. The fraction of sp³-hybridized carbons (Fsp3) is 0.714. The Morgan fingerprint density at radius 1 is 1.42 bits per heavy atom. The minimum absolute atomic E-state index is 0.134. The number of amides is 1. The zero-order valence-electron chi connectivity index (χ0n) is 12.3. The van der Waals surface area contributed by atoms with Crippen molar-refractivity contribution in [3.05, 3.63) is 17.8 Å². The van der Waals surface area contributed by atoms with Crippen molar-refractivity contribution in [2.45, 2.75) is 59.0 Å². The van der Waals surface area contributed by atoms with Crippen LogP contribution in [-0.2, 0) is 0 Å². The van der Waals surface area contributed by atoms with Crippen LogP contribution in [0.25, 0.3) is 0 Å². The molecule has 0 aliphatic heterocycles. The van der Waals surface area contributed by atoms with Crippen molar-refractivity contribution in [2.75, 3.05) is 0 Å². The third kappa shape index (κ3) is 5.03. The maximum atomic E-state index is 11.9. The Bertz CT molecular complexity index is 401. The van der Waals surface area contributed by atoms with Crippen molar-refractivity contribution in [3.63, 3.8) is 0 Å². The van der Waals surface area contributed by atoms with Crippen LogP contribution in [0.2, 0.25) is 0 Å². The van der Waals surface area contributed by atoms with Crippen LogP contribution in [0.1, 0.15) is 69.4 Å². The molecule has 1 rings (SSSR count). The summed E-state index contributed by atoms with van der Waals surface area (Å²) in [5, 5.41) is 2.92. The van der Waals surface area contributed by atoms with E-state index in [2.05, 4.69) is 24.1 Å². The van der Waals surface area contributed by atoms with Crippen LogP contribution in [0.15, 0.2) is 10.7 Å². The lowest BCUT2D eigenvalue weighted by Crippen LogP contribution is -2.33. The number of carbonyl (C=O) groups is 1. The lowest BCUT2D eigenvalue weighted by atomic mass is 10.0. The fourth-order valence-electron chi connectivity index (χ4n) is 1.69. The van der Waals surface area contributed by atoms with Gasteiger partial charge in [0, 0.05) is 6.04 Å². The van der Waals surface area contributed by atoms with Crippen LogP contribution >= 0.6 is 0 Å². The molecule has 1 heterocycles. The van der Waals surface area contributed by atoms with E-state index in [0.717, 1.165) is 19.3 Å². The molecule has 0 aromatic carbocycles. The summed E-state index contributed by atoms with van der Waals surface area (Å²) < 4.78 is 5.22. The first-order valence-corrected chi connectivity index (χ1v) is 6.95. The first-order valence-electron chi connectivity index (χ1n) is 6.95. The van der Waals surface area contributed by atoms with Gasteiger partial charge in [-0.05, 0) is 32.1 Å². The molecule has 5 nitrogen and oxygen atoms in total. The van der Waals surface area contributed by atoms with Crippen LogP contribution in [0.5, 0.6) is 0 Å². The van der Waals surface area contributed by atoms with Gasteiger partial charge in [0.2, 0.25) is 5.89 Å². The molecule has 19 heavy (non-hydrogen) atoms. The molecule has 2 atom stereocenters. The Hall–Kier alpha value is -1.36. The number of nitrogens with one attached hydrogen (secondary N) is 1. The van der Waals surface area contributed by atoms with Gasteiger partial charge < -0.3 is 15.5 Å². The van der Waals surface area contributed by atoms with Gasteiger partial charge in [-0.25, -0.2) is 4.98 Å². The van der Waals surface area contributed by atoms with E-state index in [1.54, 1.807) is 0 Å². The lowest BCUT2D eigenvalue weighted by molar-refractivity contribution is 0.0932. The zero-order chi connectivity index (χ0) is 14.4. The smallest absolute Gasteiger partial charge is 0.273 e. The van der Waals surface area contributed by atoms with Gasteiger partial charge in [-0.3, -0.25) is 4.79 Å². The summed E-state index contributed by atoms with van der Waals surface area (Å²) in [6.45, 7) is 8.29. The molecular formula is C14H25N3O2. The van der Waals surface area contributed by atoms with Gasteiger partial charge in [0.1, 0.15) is 6.26 Å². The summed E-state index contributed by atoms with van der Waals surface area (Å²) in [6.07, 6.45) is 4.15. The van der Waals surface area contributed by atoms with Gasteiger partial charge in [-0.15, -0.1) is 0 Å². The second kappa shape index (κ2) is 7.28. The van der Waals surface area contributed by atoms with E-state index in [0.29, 0.717) is 17.5 Å². The Kier molecular flexibility index (Phi) is 6.02. The Labute approximate surface area is 115 Å². The molecule has 0 saturated heterocycles. The predicted molar refractivity (Wildman–Crippen MR) is 74.7 cm³/mol. The van der Waals surface area contributed by atoms with Gasteiger partial charge in [-0.2, -0.15) is 0 Å². The topological polar surface area (TPSA) is 81.1 Å². The van der Waals surface area contributed by atoms with E-state index in [1.165, 1.54) is 6.26 Å². The van der Waals surface area contributed by atoms with Crippen molar-refractivity contribution in [1.29, 1.82) is 0 Å². The molecule has 0 saturated carbocycles. The van der Waals surface area contributed by atoms with Crippen molar-refractivity contribution < 1.29 is 9.21 Å². The quantitative estimate of drug-likeness (QED) is 0.795. The summed E-state index contributed by atoms with van der Waals surface area (Å²) in [7, 11) is 0. The van der Waals surface area contributed by atoms with E-state index >= 15 is 0 Å². The summed E-state index contributed by atoms with van der Waals surface area (Å²) in [4.78, 5) is 16.1. The third-order valence-electron chi connectivity index (χ3n) is 3.07. The van der Waals surface area contributed by atoms with Crippen molar-refractivity contribution in [3.8, 4) is 0 Å². The van der Waals surface area contributed by atoms with Gasteiger partial charge in [-0.1, -0.05) is 20.8 Å². The first-order chi connectivity index (χ1) is 8.93. The highest BCUT2D eigenvalue weighted by atomic mass is 16.3. The third-order valence-corrected chi connectivity index (χ3v) is 3.07. The highest BCUT2D eigenvalue weighted by molar-refractivity contribution is 5.92. The van der Waals surface area contributed by atoms with Crippen molar-refractivity contribution in [2.24, 2.45) is 11.7 Å². The molecule has 108 valence electrons. The Morgan fingerprint density at radius 3 is 2.68 bits per heavy atom. The van der Waals surface area contributed by atoms with Crippen molar-refractivity contribution in [1.82, 2.24) is 10.3 Å². The average molecular weight is 267 g/mol. The minimum atomic E-state index is -0.250. The number of rotatable bonds is 7. The first kappa shape index (κ1) is 15.7. The van der Waals surface area contributed by atoms with Crippen LogP contribution in [-0.4, -0.2) is 16.9 Å². The van der Waals surface area contributed by atoms with Gasteiger partial charge in [0.25, 0.3) is 5.91 Å². The molecule has 0 fully saturated rings. The Morgan fingerprint density at radius 2 is 2.11 bits per heavy atom. The molecule has 1 aromatic rings. The highest BCUT2D eigenvalue weighted by Gasteiger charge is 2.17. The largest absolute Gasteiger partial charge is 0.446 e. The average Bonchev–Trinajstić information content (AvgIpc) is 2.85. The van der Waals surface area contributed by atoms with Gasteiger partial charge in [0.15, 0.2) is 5.69 Å². The molecule has 0 aliphatic carbocycles. The molecule has 1 aromatic heterocycles. The second-order valence-electron chi connectivity index (χ2n) is 5.43. The molecule has 0 radical (unpaired) electrons. The number of hydrogen-bond acceptors (Lipinski definition) is 4. The predicted octanol–water partition coefficient (Wildman–Crippen LogP) is 2.64. The molecule has 0 spiro atoms. The number of aromatic nitrogens is 1. The van der Waals surface area contributed by atoms with Crippen molar-refractivity contribution >= 4 is 5.91 Å². The minimum Gasteiger partial charge on any atom is -0.446 e. The molecule has 5 heteroatoms. The van der Waals surface area contributed by atoms with E-state index in [9.17, 15) is 4.79 Å². The van der Waals surface area contributed by atoms with Crippen LogP contribution in [0.3, 0.4) is 0 Å². The number of hydrogen-bond donors (Lipinski definition) is 2. The summed E-state index contributed by atoms with van der Waals surface area (Å²) in [6, 6.07) is -0.116. The second-order valence-corrected chi connectivity index (χ2v) is 5.43. The number of oxazole rings is 1. The molecule has 2 unspecified atom stereocenters. The van der Waals surface area contributed by atoms with Gasteiger partial charge >= 0.3 is 0 Å². The van der Waals surface area contributed by atoms with Crippen LogP contribution < -0.4 is 11.1 Å². The molecule has 0 bridgehead atoms. The summed E-state index contributed by atoms with van der Waals surface area (Å²) in [5.41, 5.74) is 6.10. The highest BCUT2D eigenvalue weighted by Crippen LogP contribution is 2.13. The van der Waals surface area contributed by atoms with Crippen LogP contribution in [0, 0.1) is 5.92 Å². The fourth-order valence-corrected chi connectivity index (χ4v) is 1.69. The number of nitrogens with zero attached hydrogens (tertiary/aromatic N) is 1. The normalized spacial score (nSPS) is 14.4. The van der Waals surface area contributed by atoms with E-state index in [1.807, 2.05) is 13.8 Å². The monoisotopic (exact) mass is 267 g/mol. The maximum Gasteiger partial charge on any atom is 0.273 e. The molecule has 0 aliphatic rings. The van der Waals surface area contributed by atoms with Crippen LogP contribution in [0.4, 0.5) is 0 Å². The number of nitrogens with two attached hydrogens (primary N) is 1. The van der Waals surface area contributed by atoms with E-state index < -0.39 is 0 Å². The summed E-state index contributed by atoms with van der Waals surface area (Å²) >= 11 is 0. The molecule has 3 N–H and O–H groups in total. The van der Waals surface area contributed by atoms with Gasteiger partial charge in [0.05, 0.1) is 6.04 Å².